The molecule has 0 aromatic heterocycles. The van der Waals surface area contributed by atoms with Crippen LogP contribution in [-0.2, 0) is 0 Å². The summed E-state index contributed by atoms with van der Waals surface area (Å²) >= 11 is 0. The minimum atomic E-state index is -0.588. The fraction of sp³-hybridized carbons (Fsp3) is 1.00. The van der Waals surface area contributed by atoms with Crippen LogP contribution in [0.3, 0.4) is 0 Å². The van der Waals surface area contributed by atoms with Gasteiger partial charge in [-0.15, -0.1) is 0 Å². The van der Waals surface area contributed by atoms with Crippen LogP contribution in [-0.4, -0.2) is 47.2 Å². The third-order valence-corrected chi connectivity index (χ3v) is 1.83. The maximum absolute atomic E-state index is 8.87. The Labute approximate surface area is 73.2 Å². The van der Waals surface area contributed by atoms with Crippen LogP contribution in [0.1, 0.15) is 19.8 Å². The van der Waals surface area contributed by atoms with Gasteiger partial charge in [0.15, 0.2) is 0 Å². The predicted molar refractivity (Wildman–Crippen MR) is 46.9 cm³/mol. The molecule has 0 atom stereocenters. The molecule has 0 radical (unpaired) electrons. The van der Waals surface area contributed by atoms with Crippen molar-refractivity contribution in [1.29, 1.82) is 0 Å². The van der Waals surface area contributed by atoms with Crippen LogP contribution in [0.25, 0.3) is 0 Å². The Kier molecular flexibility index (Phi) is 6.28. The largest absolute Gasteiger partial charge is 0.396 e. The van der Waals surface area contributed by atoms with Crippen molar-refractivity contribution in [1.82, 2.24) is 5.32 Å². The number of aliphatic hydroxyl groups is 3. The normalized spacial score (nSPS) is 12.0. The summed E-state index contributed by atoms with van der Waals surface area (Å²) in [4.78, 5) is 0. The van der Waals surface area contributed by atoms with Crippen molar-refractivity contribution >= 4 is 0 Å². The molecule has 0 fully saturated rings. The van der Waals surface area contributed by atoms with Crippen molar-refractivity contribution in [2.75, 3.05) is 26.4 Å². The monoisotopic (exact) mass is 177 g/mol. The van der Waals surface area contributed by atoms with Gasteiger partial charge in [0.1, 0.15) is 0 Å². The van der Waals surface area contributed by atoms with Crippen molar-refractivity contribution in [3.63, 3.8) is 0 Å². The summed E-state index contributed by atoms with van der Waals surface area (Å²) in [7, 11) is 0. The summed E-state index contributed by atoms with van der Waals surface area (Å²) in [6, 6.07) is 0. The van der Waals surface area contributed by atoms with E-state index in [0.29, 0.717) is 6.54 Å². The molecular weight excluding hydrogens is 158 g/mol. The van der Waals surface area contributed by atoms with Crippen LogP contribution < -0.4 is 5.32 Å². The Bertz CT molecular complexity index is 104. The Morgan fingerprint density at radius 1 is 1.08 bits per heavy atom. The van der Waals surface area contributed by atoms with Crippen LogP contribution in [0.5, 0.6) is 0 Å². The molecule has 4 heteroatoms. The third-order valence-electron chi connectivity index (χ3n) is 1.83. The van der Waals surface area contributed by atoms with Crippen LogP contribution in [0.2, 0.25) is 0 Å². The number of hydrogen-bond acceptors (Lipinski definition) is 4. The molecule has 0 saturated heterocycles. The van der Waals surface area contributed by atoms with Crippen molar-refractivity contribution in [2.45, 2.75) is 25.3 Å². The average molecular weight is 177 g/mol. The van der Waals surface area contributed by atoms with Crippen LogP contribution in [0.15, 0.2) is 0 Å². The molecule has 4 N–H and O–H groups in total. The lowest BCUT2D eigenvalue weighted by Gasteiger charge is -2.26. The van der Waals surface area contributed by atoms with Gasteiger partial charge < -0.3 is 20.6 Å². The van der Waals surface area contributed by atoms with E-state index in [0.717, 1.165) is 12.8 Å². The first-order valence-electron chi connectivity index (χ1n) is 4.26. The molecule has 0 bridgehead atoms. The summed E-state index contributed by atoms with van der Waals surface area (Å²) in [5.41, 5.74) is -0.588. The van der Waals surface area contributed by atoms with E-state index >= 15 is 0 Å². The molecule has 0 amide bonds. The Balaban J connectivity index is 3.45. The molecule has 0 aliphatic carbocycles. The molecule has 0 aliphatic rings. The van der Waals surface area contributed by atoms with Gasteiger partial charge in [0.05, 0.1) is 18.8 Å². The molecule has 0 saturated carbocycles. The van der Waals surface area contributed by atoms with E-state index in [1.807, 2.05) is 0 Å². The van der Waals surface area contributed by atoms with E-state index in [-0.39, 0.29) is 19.8 Å². The smallest absolute Gasteiger partial charge is 0.0633 e. The van der Waals surface area contributed by atoms with Gasteiger partial charge in [0.2, 0.25) is 0 Å². The van der Waals surface area contributed by atoms with E-state index in [9.17, 15) is 0 Å². The molecule has 4 nitrogen and oxygen atoms in total. The fourth-order valence-electron chi connectivity index (χ4n) is 0.789. The van der Waals surface area contributed by atoms with Crippen molar-refractivity contribution in [2.24, 2.45) is 0 Å². The lowest BCUT2D eigenvalue weighted by Crippen LogP contribution is -2.49. The maximum atomic E-state index is 8.87. The third kappa shape index (κ3) is 4.66. The maximum Gasteiger partial charge on any atom is 0.0633 e. The Morgan fingerprint density at radius 2 is 1.67 bits per heavy atom. The molecule has 0 aromatic carbocycles. The van der Waals surface area contributed by atoms with E-state index in [1.54, 1.807) is 6.92 Å². The topological polar surface area (TPSA) is 72.7 Å². The van der Waals surface area contributed by atoms with Gasteiger partial charge in [0.25, 0.3) is 0 Å². The Hall–Kier alpha value is -0.160. The highest BCUT2D eigenvalue weighted by molar-refractivity contribution is 4.80. The Morgan fingerprint density at radius 3 is 2.08 bits per heavy atom. The molecule has 0 aromatic rings. The second-order valence-electron chi connectivity index (χ2n) is 3.23. The number of aliphatic hydroxyl groups excluding tert-OH is 3. The summed E-state index contributed by atoms with van der Waals surface area (Å²) in [5, 5.41) is 29.2. The zero-order chi connectivity index (χ0) is 9.45. The first-order chi connectivity index (χ1) is 5.68. The van der Waals surface area contributed by atoms with E-state index in [4.69, 9.17) is 15.3 Å². The lowest BCUT2D eigenvalue weighted by molar-refractivity contribution is 0.104. The first kappa shape index (κ1) is 11.8. The second kappa shape index (κ2) is 6.37. The van der Waals surface area contributed by atoms with Gasteiger partial charge in [0, 0.05) is 6.61 Å². The van der Waals surface area contributed by atoms with E-state index < -0.39 is 5.54 Å². The highest BCUT2D eigenvalue weighted by Crippen LogP contribution is 2.00. The molecule has 0 rings (SSSR count). The quantitative estimate of drug-likeness (QED) is 0.380. The average Bonchev–Trinajstić information content (AvgIpc) is 2.12. The van der Waals surface area contributed by atoms with E-state index in [1.165, 1.54) is 0 Å². The molecule has 12 heavy (non-hydrogen) atoms. The first-order valence-corrected chi connectivity index (χ1v) is 4.26. The molecule has 74 valence electrons. The van der Waals surface area contributed by atoms with Crippen LogP contribution >= 0.6 is 0 Å². The van der Waals surface area contributed by atoms with Crippen molar-refractivity contribution in [3.8, 4) is 0 Å². The van der Waals surface area contributed by atoms with Gasteiger partial charge in [-0.25, -0.2) is 0 Å². The molecule has 0 unspecified atom stereocenters. The zero-order valence-electron chi connectivity index (χ0n) is 7.58. The number of unbranched alkanes of at least 4 members (excludes halogenated alkanes) is 1. The van der Waals surface area contributed by atoms with Crippen LogP contribution in [0.4, 0.5) is 0 Å². The summed E-state index contributed by atoms with van der Waals surface area (Å²) in [5.74, 6) is 0. The molecule has 0 aliphatic heterocycles. The SMILES string of the molecule is CC(CO)(CO)NCCCCO. The standard InChI is InChI=1S/C8H19NO3/c1-8(6-11,7-12)9-4-2-3-5-10/h9-12H,2-7H2,1H3. The van der Waals surface area contributed by atoms with Gasteiger partial charge >= 0.3 is 0 Å². The van der Waals surface area contributed by atoms with Crippen molar-refractivity contribution in [3.05, 3.63) is 0 Å². The molecule has 0 heterocycles. The van der Waals surface area contributed by atoms with Gasteiger partial charge in [-0.3, -0.25) is 0 Å². The van der Waals surface area contributed by atoms with Gasteiger partial charge in [-0.05, 0) is 26.3 Å². The summed E-state index contributed by atoms with van der Waals surface area (Å²) in [6.07, 6.45) is 1.60. The molecular formula is C8H19NO3. The highest BCUT2D eigenvalue weighted by atomic mass is 16.3. The van der Waals surface area contributed by atoms with E-state index in [2.05, 4.69) is 5.32 Å². The number of nitrogens with one attached hydrogen (secondary N) is 1. The lowest BCUT2D eigenvalue weighted by atomic mass is 10.1. The van der Waals surface area contributed by atoms with Crippen LogP contribution in [0, 0.1) is 0 Å². The number of rotatable bonds is 7. The summed E-state index contributed by atoms with van der Waals surface area (Å²) in [6.45, 7) is 2.49. The highest BCUT2D eigenvalue weighted by Gasteiger charge is 2.20. The van der Waals surface area contributed by atoms with Crippen molar-refractivity contribution < 1.29 is 15.3 Å². The second-order valence-corrected chi connectivity index (χ2v) is 3.23. The molecule has 0 spiro atoms. The predicted octanol–water partition coefficient (Wildman–Crippen LogP) is -0.908. The minimum Gasteiger partial charge on any atom is -0.396 e. The fourth-order valence-corrected chi connectivity index (χ4v) is 0.789. The summed E-state index contributed by atoms with van der Waals surface area (Å²) < 4.78 is 0. The number of hydrogen-bond donors (Lipinski definition) is 4. The zero-order valence-corrected chi connectivity index (χ0v) is 7.58. The van der Waals surface area contributed by atoms with Gasteiger partial charge in [-0.1, -0.05) is 0 Å². The minimum absolute atomic E-state index is 0.0807. The van der Waals surface area contributed by atoms with Gasteiger partial charge in [-0.2, -0.15) is 0 Å².